The predicted molar refractivity (Wildman–Crippen MR) is 67.3 cm³/mol. The van der Waals surface area contributed by atoms with E-state index in [9.17, 15) is 0 Å². The van der Waals surface area contributed by atoms with Gasteiger partial charge in [0.05, 0.1) is 6.10 Å². The van der Waals surface area contributed by atoms with E-state index < -0.39 is 0 Å². The minimum atomic E-state index is 0.379. The van der Waals surface area contributed by atoms with E-state index in [1.54, 1.807) is 0 Å². The second-order valence-corrected chi connectivity index (χ2v) is 4.91. The van der Waals surface area contributed by atoms with Crippen molar-refractivity contribution in [1.29, 1.82) is 0 Å². The largest absolute Gasteiger partial charge is 0.379 e. The highest BCUT2D eigenvalue weighted by Gasteiger charge is 1.95. The van der Waals surface area contributed by atoms with Crippen LogP contribution in [0.15, 0.2) is 0 Å². The van der Waals surface area contributed by atoms with Crippen LogP contribution < -0.4 is 5.32 Å². The molecular weight excluding hydrogens is 186 g/mol. The van der Waals surface area contributed by atoms with E-state index >= 15 is 0 Å². The molecule has 0 saturated carbocycles. The van der Waals surface area contributed by atoms with Gasteiger partial charge in [-0.1, -0.05) is 13.8 Å². The fraction of sp³-hybridized carbons (Fsp3) is 1.00. The normalized spacial score (nSPS) is 11.6. The van der Waals surface area contributed by atoms with Gasteiger partial charge in [-0.15, -0.1) is 0 Å². The fourth-order valence-electron chi connectivity index (χ4n) is 1.43. The first-order valence-electron chi connectivity index (χ1n) is 6.45. The zero-order valence-electron chi connectivity index (χ0n) is 11.0. The molecule has 15 heavy (non-hydrogen) atoms. The summed E-state index contributed by atoms with van der Waals surface area (Å²) in [5.41, 5.74) is 0. The molecule has 0 spiro atoms. The van der Waals surface area contributed by atoms with E-state index in [-0.39, 0.29) is 0 Å². The topological polar surface area (TPSA) is 21.3 Å². The maximum absolute atomic E-state index is 5.47. The minimum absolute atomic E-state index is 0.379. The predicted octanol–water partition coefficient (Wildman–Crippen LogP) is 3.22. The minimum Gasteiger partial charge on any atom is -0.379 e. The Balaban J connectivity index is 2.93. The molecular formula is C13H29NO. The maximum atomic E-state index is 5.47. The third-order valence-electron chi connectivity index (χ3n) is 2.33. The number of ether oxygens (including phenoxy) is 1. The third-order valence-corrected chi connectivity index (χ3v) is 2.33. The molecule has 2 heteroatoms. The molecule has 0 atom stereocenters. The van der Waals surface area contributed by atoms with Gasteiger partial charge in [0.1, 0.15) is 0 Å². The third kappa shape index (κ3) is 13.9. The van der Waals surface area contributed by atoms with Crippen molar-refractivity contribution in [3.8, 4) is 0 Å². The Bertz CT molecular complexity index is 110. The first kappa shape index (κ1) is 14.9. The Kier molecular flexibility index (Phi) is 10.4. The smallest absolute Gasteiger partial charge is 0.0518 e. The molecule has 0 aromatic rings. The van der Waals surface area contributed by atoms with Crippen molar-refractivity contribution < 1.29 is 4.74 Å². The van der Waals surface area contributed by atoms with Crippen LogP contribution in [0.5, 0.6) is 0 Å². The van der Waals surface area contributed by atoms with Gasteiger partial charge in [-0.3, -0.25) is 0 Å². The van der Waals surface area contributed by atoms with E-state index in [0.717, 1.165) is 19.1 Å². The molecule has 0 saturated heterocycles. The van der Waals surface area contributed by atoms with Gasteiger partial charge in [0, 0.05) is 6.61 Å². The second kappa shape index (κ2) is 10.4. The average molecular weight is 215 g/mol. The van der Waals surface area contributed by atoms with Gasteiger partial charge in [0.25, 0.3) is 0 Å². The van der Waals surface area contributed by atoms with E-state index in [1.807, 2.05) is 0 Å². The molecule has 0 radical (unpaired) electrons. The zero-order valence-corrected chi connectivity index (χ0v) is 11.0. The van der Waals surface area contributed by atoms with Gasteiger partial charge in [-0.05, 0) is 58.5 Å². The Labute approximate surface area is 95.8 Å². The van der Waals surface area contributed by atoms with Crippen molar-refractivity contribution >= 4 is 0 Å². The van der Waals surface area contributed by atoms with Crippen LogP contribution in [-0.2, 0) is 4.74 Å². The quantitative estimate of drug-likeness (QED) is 0.565. The number of hydrogen-bond donors (Lipinski definition) is 1. The lowest BCUT2D eigenvalue weighted by Gasteiger charge is -2.08. The Morgan fingerprint density at radius 2 is 1.60 bits per heavy atom. The Morgan fingerprint density at radius 3 is 2.20 bits per heavy atom. The summed E-state index contributed by atoms with van der Waals surface area (Å²) in [5.74, 6) is 0.839. The molecule has 0 aliphatic rings. The van der Waals surface area contributed by atoms with Crippen molar-refractivity contribution in [1.82, 2.24) is 5.32 Å². The number of nitrogens with one attached hydrogen (secondary N) is 1. The highest BCUT2D eigenvalue weighted by Crippen LogP contribution is 2.01. The Hall–Kier alpha value is -0.0800. The monoisotopic (exact) mass is 215 g/mol. The zero-order chi connectivity index (χ0) is 11.5. The molecule has 0 amide bonds. The van der Waals surface area contributed by atoms with Crippen molar-refractivity contribution in [3.05, 3.63) is 0 Å². The highest BCUT2D eigenvalue weighted by molar-refractivity contribution is 4.51. The summed E-state index contributed by atoms with van der Waals surface area (Å²) in [7, 11) is 0. The molecule has 1 N–H and O–H groups in total. The van der Waals surface area contributed by atoms with Crippen LogP contribution in [0, 0.1) is 5.92 Å². The molecule has 0 aliphatic heterocycles. The van der Waals surface area contributed by atoms with Gasteiger partial charge >= 0.3 is 0 Å². The molecule has 0 aromatic heterocycles. The first-order chi connectivity index (χ1) is 7.13. The van der Waals surface area contributed by atoms with Gasteiger partial charge in [0.15, 0.2) is 0 Å². The first-order valence-corrected chi connectivity index (χ1v) is 6.45. The Morgan fingerprint density at radius 1 is 0.933 bits per heavy atom. The van der Waals surface area contributed by atoms with E-state index in [0.29, 0.717) is 6.10 Å². The van der Waals surface area contributed by atoms with Gasteiger partial charge < -0.3 is 10.1 Å². The van der Waals surface area contributed by atoms with Gasteiger partial charge in [0.2, 0.25) is 0 Å². The number of rotatable bonds is 10. The summed E-state index contributed by atoms with van der Waals surface area (Å²) >= 11 is 0. The van der Waals surface area contributed by atoms with Gasteiger partial charge in [-0.25, -0.2) is 0 Å². The molecule has 0 fully saturated rings. The van der Waals surface area contributed by atoms with Crippen LogP contribution in [0.4, 0.5) is 0 Å². The summed E-state index contributed by atoms with van der Waals surface area (Å²) in [5, 5.41) is 3.47. The number of unbranched alkanes of at least 4 members (excludes halogenated alkanes) is 1. The van der Waals surface area contributed by atoms with E-state index in [4.69, 9.17) is 4.74 Å². The van der Waals surface area contributed by atoms with Crippen LogP contribution in [0.2, 0.25) is 0 Å². The average Bonchev–Trinajstić information content (AvgIpc) is 2.14. The molecule has 92 valence electrons. The highest BCUT2D eigenvalue weighted by atomic mass is 16.5. The van der Waals surface area contributed by atoms with E-state index in [2.05, 4.69) is 33.0 Å². The lowest BCUT2D eigenvalue weighted by molar-refractivity contribution is 0.0760. The summed E-state index contributed by atoms with van der Waals surface area (Å²) in [6.45, 7) is 12.0. The molecule has 0 aliphatic carbocycles. The van der Waals surface area contributed by atoms with E-state index in [1.165, 1.54) is 32.2 Å². The lowest BCUT2D eigenvalue weighted by atomic mass is 10.1. The van der Waals surface area contributed by atoms with Crippen LogP contribution in [0.25, 0.3) is 0 Å². The van der Waals surface area contributed by atoms with Crippen LogP contribution in [0.3, 0.4) is 0 Å². The molecule has 0 bridgehead atoms. The molecule has 0 heterocycles. The van der Waals surface area contributed by atoms with Crippen molar-refractivity contribution in [2.24, 2.45) is 5.92 Å². The maximum Gasteiger partial charge on any atom is 0.0518 e. The molecule has 0 rings (SSSR count). The van der Waals surface area contributed by atoms with Gasteiger partial charge in [-0.2, -0.15) is 0 Å². The summed E-state index contributed by atoms with van der Waals surface area (Å²) < 4.78 is 5.47. The number of hydrogen-bond acceptors (Lipinski definition) is 2. The molecule has 2 nitrogen and oxygen atoms in total. The molecule has 0 unspecified atom stereocenters. The van der Waals surface area contributed by atoms with Crippen molar-refractivity contribution in [3.63, 3.8) is 0 Å². The van der Waals surface area contributed by atoms with Crippen LogP contribution >= 0.6 is 0 Å². The lowest BCUT2D eigenvalue weighted by Crippen LogP contribution is -2.17. The van der Waals surface area contributed by atoms with Crippen LogP contribution in [0.1, 0.15) is 53.4 Å². The van der Waals surface area contributed by atoms with Crippen LogP contribution in [-0.4, -0.2) is 25.8 Å². The second-order valence-electron chi connectivity index (χ2n) is 4.91. The standard InChI is InChI=1S/C13H29NO/c1-12(2)8-7-10-14-9-5-6-11-15-13(3)4/h12-14H,5-11H2,1-4H3. The fourth-order valence-corrected chi connectivity index (χ4v) is 1.43. The SMILES string of the molecule is CC(C)CCCNCCCCOC(C)C. The summed E-state index contributed by atoms with van der Waals surface area (Å²) in [6, 6.07) is 0. The summed E-state index contributed by atoms with van der Waals surface area (Å²) in [6.07, 6.45) is 5.43. The van der Waals surface area contributed by atoms with Crippen molar-refractivity contribution in [2.45, 2.75) is 59.5 Å². The molecule has 0 aromatic carbocycles. The van der Waals surface area contributed by atoms with Crippen molar-refractivity contribution in [2.75, 3.05) is 19.7 Å². The summed E-state index contributed by atoms with van der Waals surface area (Å²) in [4.78, 5) is 0.